The highest BCUT2D eigenvalue weighted by atomic mass is 79.9. The van der Waals surface area contributed by atoms with E-state index in [1.807, 2.05) is 37.3 Å². The van der Waals surface area contributed by atoms with Crippen molar-refractivity contribution in [3.63, 3.8) is 0 Å². The van der Waals surface area contributed by atoms with Gasteiger partial charge in [-0.05, 0) is 52.7 Å². The average molecular weight is 389 g/mol. The Morgan fingerprint density at radius 3 is 2.72 bits per heavy atom. The van der Waals surface area contributed by atoms with Gasteiger partial charge in [0.15, 0.2) is 0 Å². The molecule has 1 N–H and O–H groups in total. The van der Waals surface area contributed by atoms with Gasteiger partial charge in [0.2, 0.25) is 0 Å². The second-order valence-corrected chi connectivity index (χ2v) is 7.20. The molecular formula is C13H11Br2NOS. The SMILES string of the molecule is Cc1c(Br)cccc1C(=O)NCc1ccc(Br)s1. The van der Waals surface area contributed by atoms with Crippen molar-refractivity contribution in [3.8, 4) is 0 Å². The number of halogens is 2. The second-order valence-electron chi connectivity index (χ2n) is 3.80. The van der Waals surface area contributed by atoms with Gasteiger partial charge in [-0.15, -0.1) is 11.3 Å². The van der Waals surface area contributed by atoms with Crippen LogP contribution in [-0.4, -0.2) is 5.91 Å². The van der Waals surface area contributed by atoms with Crippen LogP contribution in [0.4, 0.5) is 0 Å². The molecule has 0 radical (unpaired) electrons. The number of benzene rings is 1. The van der Waals surface area contributed by atoms with E-state index in [0.717, 1.165) is 18.7 Å². The summed E-state index contributed by atoms with van der Waals surface area (Å²) in [5.41, 5.74) is 1.67. The van der Waals surface area contributed by atoms with Gasteiger partial charge in [-0.1, -0.05) is 22.0 Å². The normalized spacial score (nSPS) is 10.4. The Hall–Kier alpha value is -0.650. The van der Waals surface area contributed by atoms with Gasteiger partial charge in [-0.2, -0.15) is 0 Å². The third-order valence-corrected chi connectivity index (χ3v) is 5.05. The Balaban J connectivity index is 2.06. The van der Waals surface area contributed by atoms with Crippen LogP contribution in [0.25, 0.3) is 0 Å². The summed E-state index contributed by atoms with van der Waals surface area (Å²) in [6, 6.07) is 9.62. The van der Waals surface area contributed by atoms with Crippen molar-refractivity contribution in [2.45, 2.75) is 13.5 Å². The Labute approximate surface area is 127 Å². The lowest BCUT2D eigenvalue weighted by atomic mass is 10.1. The van der Waals surface area contributed by atoms with Crippen molar-refractivity contribution in [3.05, 3.63) is 54.6 Å². The van der Waals surface area contributed by atoms with Crippen LogP contribution >= 0.6 is 43.2 Å². The highest BCUT2D eigenvalue weighted by Gasteiger charge is 2.10. The zero-order valence-electron chi connectivity index (χ0n) is 9.67. The maximum Gasteiger partial charge on any atom is 0.251 e. The van der Waals surface area contributed by atoms with Crippen LogP contribution < -0.4 is 5.32 Å². The van der Waals surface area contributed by atoms with Crippen LogP contribution in [0.1, 0.15) is 20.8 Å². The van der Waals surface area contributed by atoms with Gasteiger partial charge in [-0.3, -0.25) is 4.79 Å². The zero-order chi connectivity index (χ0) is 13.1. The fraction of sp³-hybridized carbons (Fsp3) is 0.154. The molecule has 0 unspecified atom stereocenters. The summed E-state index contributed by atoms with van der Waals surface area (Å²) >= 11 is 8.46. The van der Waals surface area contributed by atoms with Crippen LogP contribution in [0.5, 0.6) is 0 Å². The topological polar surface area (TPSA) is 29.1 Å². The molecule has 1 aromatic carbocycles. The predicted octanol–water partition coefficient (Wildman–Crippen LogP) is 4.51. The summed E-state index contributed by atoms with van der Waals surface area (Å²) in [5.74, 6) is -0.0432. The fourth-order valence-corrected chi connectivity index (χ4v) is 3.35. The van der Waals surface area contributed by atoms with Gasteiger partial charge < -0.3 is 5.32 Å². The second kappa shape index (κ2) is 5.99. The highest BCUT2D eigenvalue weighted by molar-refractivity contribution is 9.11. The van der Waals surface area contributed by atoms with Gasteiger partial charge >= 0.3 is 0 Å². The van der Waals surface area contributed by atoms with Crippen molar-refractivity contribution in [2.75, 3.05) is 0 Å². The highest BCUT2D eigenvalue weighted by Crippen LogP contribution is 2.22. The van der Waals surface area contributed by atoms with E-state index in [1.54, 1.807) is 11.3 Å². The van der Waals surface area contributed by atoms with Crippen molar-refractivity contribution in [2.24, 2.45) is 0 Å². The smallest absolute Gasteiger partial charge is 0.251 e. The summed E-state index contributed by atoms with van der Waals surface area (Å²) < 4.78 is 2.03. The number of rotatable bonds is 3. The summed E-state index contributed by atoms with van der Waals surface area (Å²) in [6.45, 7) is 2.49. The molecule has 0 fully saturated rings. The first-order valence-electron chi connectivity index (χ1n) is 5.35. The molecule has 1 heterocycles. The monoisotopic (exact) mass is 387 g/mol. The maximum absolute atomic E-state index is 12.1. The Kier molecular flexibility index (Phi) is 4.59. The first-order chi connectivity index (χ1) is 8.58. The molecule has 18 heavy (non-hydrogen) atoms. The molecule has 1 aromatic heterocycles. The lowest BCUT2D eigenvalue weighted by molar-refractivity contribution is 0.0950. The van der Waals surface area contributed by atoms with E-state index in [4.69, 9.17) is 0 Å². The largest absolute Gasteiger partial charge is 0.347 e. The molecule has 1 amide bonds. The van der Waals surface area contributed by atoms with Gasteiger partial charge in [0, 0.05) is 14.9 Å². The lowest BCUT2D eigenvalue weighted by Gasteiger charge is -2.07. The van der Waals surface area contributed by atoms with E-state index >= 15 is 0 Å². The van der Waals surface area contributed by atoms with E-state index in [0.29, 0.717) is 12.1 Å². The Bertz CT molecular complexity index is 580. The van der Waals surface area contributed by atoms with Gasteiger partial charge in [-0.25, -0.2) is 0 Å². The number of thiophene rings is 1. The number of carbonyl (C=O) groups is 1. The Morgan fingerprint density at radius 2 is 2.06 bits per heavy atom. The number of hydrogen-bond acceptors (Lipinski definition) is 2. The summed E-state index contributed by atoms with van der Waals surface area (Å²) in [7, 11) is 0. The molecule has 0 saturated heterocycles. The molecule has 0 spiro atoms. The summed E-state index contributed by atoms with van der Waals surface area (Å²) in [4.78, 5) is 13.2. The third kappa shape index (κ3) is 3.22. The van der Waals surface area contributed by atoms with Crippen molar-refractivity contribution in [1.82, 2.24) is 5.32 Å². The molecule has 2 aromatic rings. The zero-order valence-corrected chi connectivity index (χ0v) is 13.7. The van der Waals surface area contributed by atoms with Gasteiger partial charge in [0.25, 0.3) is 5.91 Å². The van der Waals surface area contributed by atoms with Crippen LogP contribution in [0.2, 0.25) is 0 Å². The van der Waals surface area contributed by atoms with Gasteiger partial charge in [0.05, 0.1) is 10.3 Å². The molecule has 0 aliphatic rings. The number of nitrogens with one attached hydrogen (secondary N) is 1. The first kappa shape index (κ1) is 13.8. The van der Waals surface area contributed by atoms with Crippen molar-refractivity contribution < 1.29 is 4.79 Å². The van der Waals surface area contributed by atoms with E-state index in [9.17, 15) is 4.79 Å². The van der Waals surface area contributed by atoms with E-state index in [-0.39, 0.29) is 5.91 Å². The van der Waals surface area contributed by atoms with Crippen LogP contribution in [0.3, 0.4) is 0 Å². The Morgan fingerprint density at radius 1 is 1.28 bits per heavy atom. The first-order valence-corrected chi connectivity index (χ1v) is 7.75. The third-order valence-electron chi connectivity index (χ3n) is 2.56. The molecule has 0 aliphatic carbocycles. The van der Waals surface area contributed by atoms with Crippen molar-refractivity contribution in [1.29, 1.82) is 0 Å². The lowest BCUT2D eigenvalue weighted by Crippen LogP contribution is -2.23. The molecule has 0 saturated carbocycles. The van der Waals surface area contributed by atoms with Gasteiger partial charge in [0.1, 0.15) is 0 Å². The predicted molar refractivity (Wildman–Crippen MR) is 82.1 cm³/mol. The van der Waals surface area contributed by atoms with E-state index in [1.165, 1.54) is 0 Å². The van der Waals surface area contributed by atoms with Crippen LogP contribution in [0, 0.1) is 6.92 Å². The minimum atomic E-state index is -0.0432. The quantitative estimate of drug-likeness (QED) is 0.823. The minimum absolute atomic E-state index is 0.0432. The minimum Gasteiger partial charge on any atom is -0.347 e. The fourth-order valence-electron chi connectivity index (χ4n) is 1.56. The number of amides is 1. The molecule has 2 nitrogen and oxygen atoms in total. The maximum atomic E-state index is 12.1. The van der Waals surface area contributed by atoms with Crippen LogP contribution in [0.15, 0.2) is 38.6 Å². The van der Waals surface area contributed by atoms with E-state index in [2.05, 4.69) is 37.2 Å². The van der Waals surface area contributed by atoms with E-state index < -0.39 is 0 Å². The molecule has 0 atom stereocenters. The molecule has 2 rings (SSSR count). The van der Waals surface area contributed by atoms with Crippen molar-refractivity contribution >= 4 is 49.1 Å². The standard InChI is InChI=1S/C13H11Br2NOS/c1-8-10(3-2-4-11(8)14)13(17)16-7-9-5-6-12(15)18-9/h2-6H,7H2,1H3,(H,16,17). The summed E-state index contributed by atoms with van der Waals surface area (Å²) in [6.07, 6.45) is 0. The molecule has 0 aliphatic heterocycles. The molecule has 0 bridgehead atoms. The van der Waals surface area contributed by atoms with Crippen LogP contribution in [-0.2, 0) is 6.54 Å². The average Bonchev–Trinajstić information content (AvgIpc) is 2.76. The molecule has 94 valence electrons. The molecule has 5 heteroatoms. The number of carbonyl (C=O) groups excluding carboxylic acids is 1. The molecular weight excluding hydrogens is 378 g/mol. The summed E-state index contributed by atoms with van der Waals surface area (Å²) in [5, 5.41) is 2.93. The number of hydrogen-bond donors (Lipinski definition) is 1.